The zero-order chi connectivity index (χ0) is 19.5. The number of pyridine rings is 1. The summed E-state index contributed by atoms with van der Waals surface area (Å²) in [6.45, 7) is 6.16. The maximum absolute atomic E-state index is 13.9. The second kappa shape index (κ2) is 10.9. The van der Waals surface area contributed by atoms with Crippen molar-refractivity contribution in [1.29, 1.82) is 0 Å². The third kappa shape index (κ3) is 6.55. The molecule has 2 N–H and O–H groups in total. The Bertz CT molecular complexity index is 910. The standard InChI is InChI=1S/C18H25FN4O2S.2ClH/c1-12(2)18-16(13(3)22-23(18)11-15(19)7-8-20)9-14-5-6-17(21-10-14)26(4,24)25;;/h5-7,10,12H,8-9,11,20H2,1-4H3;2*1H/b15-7-;;. The van der Waals surface area contributed by atoms with Gasteiger partial charge in [0.1, 0.15) is 5.83 Å². The van der Waals surface area contributed by atoms with Crippen LogP contribution < -0.4 is 5.73 Å². The third-order valence-corrected chi connectivity index (χ3v) is 5.04. The number of aryl methyl sites for hydroxylation is 1. The number of nitrogens with two attached hydrogens (primary N) is 1. The van der Waals surface area contributed by atoms with Crippen LogP contribution in [0.25, 0.3) is 0 Å². The average Bonchev–Trinajstić information content (AvgIpc) is 2.82. The van der Waals surface area contributed by atoms with E-state index in [1.807, 2.05) is 20.8 Å². The topological polar surface area (TPSA) is 90.9 Å². The van der Waals surface area contributed by atoms with Gasteiger partial charge < -0.3 is 5.73 Å². The summed E-state index contributed by atoms with van der Waals surface area (Å²) in [7, 11) is -3.32. The van der Waals surface area contributed by atoms with Gasteiger partial charge in [0.05, 0.1) is 12.2 Å². The molecule has 2 heterocycles. The molecule has 0 aliphatic carbocycles. The molecule has 10 heteroatoms. The van der Waals surface area contributed by atoms with Gasteiger partial charge in [-0.15, -0.1) is 24.8 Å². The van der Waals surface area contributed by atoms with Gasteiger partial charge in [-0.2, -0.15) is 5.10 Å². The highest BCUT2D eigenvalue weighted by molar-refractivity contribution is 7.90. The smallest absolute Gasteiger partial charge is 0.192 e. The van der Waals surface area contributed by atoms with Crippen molar-refractivity contribution in [3.05, 3.63) is 52.7 Å². The van der Waals surface area contributed by atoms with E-state index in [0.29, 0.717) is 6.42 Å². The summed E-state index contributed by atoms with van der Waals surface area (Å²) in [6, 6.07) is 3.25. The molecule has 0 atom stereocenters. The summed E-state index contributed by atoms with van der Waals surface area (Å²) < 4.78 is 38.7. The number of allylic oxidation sites excluding steroid dienone is 1. The van der Waals surface area contributed by atoms with Gasteiger partial charge in [-0.05, 0) is 30.5 Å². The van der Waals surface area contributed by atoms with Crippen LogP contribution >= 0.6 is 24.8 Å². The fourth-order valence-corrected chi connectivity index (χ4v) is 3.46. The van der Waals surface area contributed by atoms with Crippen LogP contribution in [0.3, 0.4) is 0 Å². The van der Waals surface area contributed by atoms with E-state index in [4.69, 9.17) is 5.73 Å². The van der Waals surface area contributed by atoms with E-state index in [9.17, 15) is 12.8 Å². The Morgan fingerprint density at radius 3 is 2.43 bits per heavy atom. The Morgan fingerprint density at radius 1 is 1.32 bits per heavy atom. The van der Waals surface area contributed by atoms with Gasteiger partial charge in [-0.3, -0.25) is 4.68 Å². The number of sulfone groups is 1. The lowest BCUT2D eigenvalue weighted by Gasteiger charge is -2.12. The fourth-order valence-electron chi connectivity index (χ4n) is 2.90. The number of aromatic nitrogens is 3. The average molecular weight is 453 g/mol. The van der Waals surface area contributed by atoms with Gasteiger partial charge in [0, 0.05) is 36.7 Å². The van der Waals surface area contributed by atoms with Crippen LogP contribution in [0.1, 0.15) is 42.3 Å². The van der Waals surface area contributed by atoms with Crippen molar-refractivity contribution < 1.29 is 12.8 Å². The normalized spacial score (nSPS) is 11.9. The van der Waals surface area contributed by atoms with Crippen molar-refractivity contribution in [2.24, 2.45) is 5.73 Å². The van der Waals surface area contributed by atoms with Gasteiger partial charge in [-0.1, -0.05) is 19.9 Å². The molecule has 6 nitrogen and oxygen atoms in total. The summed E-state index contributed by atoms with van der Waals surface area (Å²) in [6.07, 6.45) is 4.59. The van der Waals surface area contributed by atoms with Crippen LogP contribution in [0.15, 0.2) is 35.3 Å². The minimum Gasteiger partial charge on any atom is -0.327 e. The highest BCUT2D eigenvalue weighted by Gasteiger charge is 2.19. The molecule has 28 heavy (non-hydrogen) atoms. The highest BCUT2D eigenvalue weighted by atomic mass is 35.5. The lowest BCUT2D eigenvalue weighted by molar-refractivity contribution is 0.504. The molecule has 2 aromatic heterocycles. The first kappa shape index (κ1) is 26.5. The first-order valence-electron chi connectivity index (χ1n) is 8.39. The van der Waals surface area contributed by atoms with E-state index in [0.717, 1.165) is 28.8 Å². The predicted molar refractivity (Wildman–Crippen MR) is 114 cm³/mol. The molecule has 0 fully saturated rings. The molecule has 0 radical (unpaired) electrons. The molecule has 0 saturated carbocycles. The molecule has 2 rings (SSSR count). The van der Waals surface area contributed by atoms with Gasteiger partial charge in [0.2, 0.25) is 0 Å². The first-order chi connectivity index (χ1) is 12.1. The molecular weight excluding hydrogens is 426 g/mol. The minimum absolute atomic E-state index is 0. The van der Waals surface area contributed by atoms with Gasteiger partial charge in [0.25, 0.3) is 0 Å². The molecule has 158 valence electrons. The van der Waals surface area contributed by atoms with E-state index in [1.54, 1.807) is 16.9 Å². The highest BCUT2D eigenvalue weighted by Crippen LogP contribution is 2.26. The van der Waals surface area contributed by atoms with Gasteiger partial charge >= 0.3 is 0 Å². The van der Waals surface area contributed by atoms with Crippen molar-refractivity contribution in [2.45, 2.75) is 44.7 Å². The third-order valence-electron chi connectivity index (χ3n) is 4.04. The number of nitrogens with zero attached hydrogens (tertiary/aromatic N) is 3. The van der Waals surface area contributed by atoms with Crippen molar-refractivity contribution >= 4 is 34.7 Å². The Kier molecular flexibility index (Phi) is 10.3. The Hall–Kier alpha value is -1.48. The zero-order valence-electron chi connectivity index (χ0n) is 16.3. The van der Waals surface area contributed by atoms with Crippen LogP contribution in [0.5, 0.6) is 0 Å². The van der Waals surface area contributed by atoms with Crippen LogP contribution in [0, 0.1) is 6.92 Å². The molecule has 0 unspecified atom stereocenters. The van der Waals surface area contributed by atoms with Gasteiger partial charge in [0.15, 0.2) is 14.9 Å². The molecule has 0 saturated heterocycles. The largest absolute Gasteiger partial charge is 0.327 e. The van der Waals surface area contributed by atoms with E-state index < -0.39 is 9.84 Å². The number of hydrogen-bond donors (Lipinski definition) is 1. The molecule has 2 aromatic rings. The second-order valence-electron chi connectivity index (χ2n) is 6.60. The van der Waals surface area contributed by atoms with E-state index in [2.05, 4.69) is 10.1 Å². The van der Waals surface area contributed by atoms with Crippen molar-refractivity contribution in [1.82, 2.24) is 14.8 Å². The quantitative estimate of drug-likeness (QED) is 0.694. The van der Waals surface area contributed by atoms with Crippen molar-refractivity contribution in [3.8, 4) is 0 Å². The van der Waals surface area contributed by atoms with Crippen LogP contribution in [0.4, 0.5) is 4.39 Å². The fraction of sp³-hybridized carbons (Fsp3) is 0.444. The molecule has 0 spiro atoms. The SMILES string of the molecule is Cc1nn(C/C(F)=C/CN)c(C(C)C)c1Cc1ccc(S(C)(=O)=O)nc1.Cl.Cl. The minimum atomic E-state index is -3.32. The second-order valence-corrected chi connectivity index (χ2v) is 8.56. The monoisotopic (exact) mass is 452 g/mol. The number of hydrogen-bond acceptors (Lipinski definition) is 5. The summed E-state index contributed by atoms with van der Waals surface area (Å²) >= 11 is 0. The molecule has 0 aromatic carbocycles. The van der Waals surface area contributed by atoms with Crippen LogP contribution in [-0.4, -0.2) is 36.0 Å². The molecule has 0 bridgehead atoms. The number of halogens is 3. The molecule has 0 aliphatic rings. The maximum Gasteiger partial charge on any atom is 0.192 e. The Labute approximate surface area is 178 Å². The Morgan fingerprint density at radius 2 is 1.96 bits per heavy atom. The summed E-state index contributed by atoms with van der Waals surface area (Å²) in [4.78, 5) is 4.03. The van der Waals surface area contributed by atoms with E-state index >= 15 is 0 Å². The molecule has 0 aliphatic heterocycles. The molecular formula is C18H27Cl2FN4O2S. The van der Waals surface area contributed by atoms with Crippen molar-refractivity contribution in [3.63, 3.8) is 0 Å². The maximum atomic E-state index is 13.9. The van der Waals surface area contributed by atoms with E-state index in [-0.39, 0.29) is 54.7 Å². The van der Waals surface area contributed by atoms with Crippen molar-refractivity contribution in [2.75, 3.05) is 12.8 Å². The molecule has 0 amide bonds. The van der Waals surface area contributed by atoms with E-state index in [1.165, 1.54) is 12.1 Å². The van der Waals surface area contributed by atoms with Crippen LogP contribution in [0.2, 0.25) is 0 Å². The van der Waals surface area contributed by atoms with Gasteiger partial charge in [-0.25, -0.2) is 17.8 Å². The number of rotatable bonds is 7. The lowest BCUT2D eigenvalue weighted by atomic mass is 9.98. The first-order valence-corrected chi connectivity index (χ1v) is 10.3. The predicted octanol–water partition coefficient (Wildman–Crippen LogP) is 3.36. The summed E-state index contributed by atoms with van der Waals surface area (Å²) in [5.41, 5.74) is 9.02. The Balaban J connectivity index is 0.00000364. The summed E-state index contributed by atoms with van der Waals surface area (Å²) in [5.74, 6) is -0.164. The van der Waals surface area contributed by atoms with Crippen LogP contribution in [-0.2, 0) is 22.8 Å². The zero-order valence-corrected chi connectivity index (χ0v) is 18.8. The lowest BCUT2D eigenvalue weighted by Crippen LogP contribution is -2.09. The summed E-state index contributed by atoms with van der Waals surface area (Å²) in [5, 5.41) is 4.53.